The van der Waals surface area contributed by atoms with Crippen molar-refractivity contribution >= 4 is 43.6 Å². The largest absolute Gasteiger partial charge is 0.309 e. The average molecular weight is 664 g/mol. The van der Waals surface area contributed by atoms with Crippen LogP contribution in [0.15, 0.2) is 176 Å². The summed E-state index contributed by atoms with van der Waals surface area (Å²) in [7, 11) is 0. The van der Waals surface area contributed by atoms with Gasteiger partial charge in [-0.3, -0.25) is 4.57 Å². The van der Waals surface area contributed by atoms with Crippen LogP contribution in [0.4, 0.5) is 0 Å². The van der Waals surface area contributed by atoms with Crippen LogP contribution in [0.25, 0.3) is 88.9 Å². The molecule has 0 atom stereocenters. The monoisotopic (exact) mass is 663 g/mol. The molecule has 0 aliphatic carbocycles. The van der Waals surface area contributed by atoms with Gasteiger partial charge < -0.3 is 4.57 Å². The predicted octanol–water partition coefficient (Wildman–Crippen LogP) is 11.5. The molecule has 10 rings (SSSR count). The first-order valence-electron chi connectivity index (χ1n) is 17.3. The SMILES string of the molecule is N#Cc1cccc(-c2cc(-c3ccccc3)nc(-n3c4ccccc4c4cc(-c5ccc6c(c5)c5ccccc5n6-c5ccccc5)ccc43)n2)c1. The Labute approximate surface area is 299 Å². The summed E-state index contributed by atoms with van der Waals surface area (Å²) >= 11 is 0. The molecule has 3 heterocycles. The Bertz CT molecular complexity index is 3020. The van der Waals surface area contributed by atoms with Crippen molar-refractivity contribution in [2.45, 2.75) is 0 Å². The molecule has 0 unspecified atom stereocenters. The van der Waals surface area contributed by atoms with Gasteiger partial charge in [0, 0.05) is 38.4 Å². The molecule has 52 heavy (non-hydrogen) atoms. The third-order valence-electron chi connectivity index (χ3n) is 9.96. The molecule has 5 heteroatoms. The zero-order chi connectivity index (χ0) is 34.6. The first-order chi connectivity index (χ1) is 25.7. The summed E-state index contributed by atoms with van der Waals surface area (Å²) in [6, 6.07) is 63.2. The zero-order valence-corrected chi connectivity index (χ0v) is 28.0. The Balaban J connectivity index is 1.17. The van der Waals surface area contributed by atoms with Crippen molar-refractivity contribution in [2.75, 3.05) is 0 Å². The highest BCUT2D eigenvalue weighted by atomic mass is 15.2. The van der Waals surface area contributed by atoms with Gasteiger partial charge in [-0.1, -0.05) is 109 Å². The lowest BCUT2D eigenvalue weighted by Gasteiger charge is -2.12. The van der Waals surface area contributed by atoms with Crippen LogP contribution in [0.3, 0.4) is 0 Å². The van der Waals surface area contributed by atoms with E-state index in [2.05, 4.69) is 143 Å². The number of hydrogen-bond donors (Lipinski definition) is 0. The maximum Gasteiger partial charge on any atom is 0.235 e. The van der Waals surface area contributed by atoms with Crippen LogP contribution in [0, 0.1) is 11.3 Å². The number of fused-ring (bicyclic) bond motifs is 6. The van der Waals surface area contributed by atoms with E-state index >= 15 is 0 Å². The molecule has 0 amide bonds. The maximum atomic E-state index is 9.65. The van der Waals surface area contributed by atoms with Crippen molar-refractivity contribution in [3.63, 3.8) is 0 Å². The van der Waals surface area contributed by atoms with Crippen molar-refractivity contribution in [3.8, 4) is 51.3 Å². The molecule has 0 fully saturated rings. The highest BCUT2D eigenvalue weighted by Gasteiger charge is 2.19. The van der Waals surface area contributed by atoms with E-state index in [1.54, 1.807) is 0 Å². The van der Waals surface area contributed by atoms with E-state index in [-0.39, 0.29) is 0 Å². The van der Waals surface area contributed by atoms with E-state index in [1.807, 2.05) is 48.5 Å². The van der Waals surface area contributed by atoms with Gasteiger partial charge in [-0.05, 0) is 77.9 Å². The Morgan fingerprint density at radius 1 is 0.385 bits per heavy atom. The van der Waals surface area contributed by atoms with Crippen LogP contribution in [0.2, 0.25) is 0 Å². The molecule has 0 bridgehead atoms. The summed E-state index contributed by atoms with van der Waals surface area (Å²) in [4.78, 5) is 10.3. The standard InChI is InChI=1S/C47H29N5/c48-30-31-12-11-15-35(26-31)42-29-41(32-13-3-1-4-14-32)49-47(50-42)52-44-21-10-8-19-38(44)40-28-34(23-25-46(40)52)33-22-24-45-39(27-33)37-18-7-9-20-43(37)51(45)36-16-5-2-6-17-36/h1-29H. The van der Waals surface area contributed by atoms with E-state index in [0.29, 0.717) is 11.5 Å². The first kappa shape index (κ1) is 29.6. The van der Waals surface area contributed by atoms with Crippen molar-refractivity contribution in [1.29, 1.82) is 5.26 Å². The molecule has 0 radical (unpaired) electrons. The molecular formula is C47H29N5. The third kappa shape index (κ3) is 4.78. The lowest BCUT2D eigenvalue weighted by Crippen LogP contribution is -2.04. The van der Waals surface area contributed by atoms with Crippen LogP contribution >= 0.6 is 0 Å². The topological polar surface area (TPSA) is 59.4 Å². The third-order valence-corrected chi connectivity index (χ3v) is 9.96. The molecular weight excluding hydrogens is 635 g/mol. The summed E-state index contributed by atoms with van der Waals surface area (Å²) in [5.74, 6) is 0.577. The second-order valence-corrected chi connectivity index (χ2v) is 13.0. The molecule has 242 valence electrons. The molecule has 0 aliphatic heterocycles. The van der Waals surface area contributed by atoms with Gasteiger partial charge in [0.25, 0.3) is 0 Å². The van der Waals surface area contributed by atoms with Gasteiger partial charge >= 0.3 is 0 Å². The molecule has 0 spiro atoms. The lowest BCUT2D eigenvalue weighted by molar-refractivity contribution is 0.995. The van der Waals surface area contributed by atoms with Crippen LogP contribution in [0.1, 0.15) is 5.56 Å². The van der Waals surface area contributed by atoms with Gasteiger partial charge in [-0.25, -0.2) is 9.97 Å². The summed E-state index contributed by atoms with van der Waals surface area (Å²) in [6.45, 7) is 0. The number of para-hydroxylation sites is 3. The molecule has 0 saturated heterocycles. The minimum Gasteiger partial charge on any atom is -0.309 e. The fourth-order valence-electron chi connectivity index (χ4n) is 7.56. The van der Waals surface area contributed by atoms with Crippen molar-refractivity contribution in [1.82, 2.24) is 19.1 Å². The maximum absolute atomic E-state index is 9.65. The zero-order valence-electron chi connectivity index (χ0n) is 28.0. The molecule has 3 aromatic heterocycles. The summed E-state index contributed by atoms with van der Waals surface area (Å²) in [5.41, 5.74) is 11.9. The molecule has 0 N–H and O–H groups in total. The van der Waals surface area contributed by atoms with Crippen LogP contribution in [-0.4, -0.2) is 19.1 Å². The van der Waals surface area contributed by atoms with Crippen LogP contribution < -0.4 is 0 Å². The first-order valence-corrected chi connectivity index (χ1v) is 17.3. The van der Waals surface area contributed by atoms with Gasteiger partial charge in [-0.15, -0.1) is 0 Å². The Morgan fingerprint density at radius 3 is 1.56 bits per heavy atom. The molecule has 5 nitrogen and oxygen atoms in total. The minimum atomic E-state index is 0.577. The Morgan fingerprint density at radius 2 is 0.904 bits per heavy atom. The average Bonchev–Trinajstić information content (AvgIpc) is 3.73. The van der Waals surface area contributed by atoms with E-state index in [9.17, 15) is 5.26 Å². The second kappa shape index (κ2) is 11.9. The van der Waals surface area contributed by atoms with E-state index in [4.69, 9.17) is 9.97 Å². The number of nitrogens with zero attached hydrogens (tertiary/aromatic N) is 5. The van der Waals surface area contributed by atoms with Crippen molar-refractivity contribution < 1.29 is 0 Å². The quantitative estimate of drug-likeness (QED) is 0.184. The summed E-state index contributed by atoms with van der Waals surface area (Å²) < 4.78 is 4.51. The normalized spacial score (nSPS) is 11.4. The summed E-state index contributed by atoms with van der Waals surface area (Å²) in [6.07, 6.45) is 0. The van der Waals surface area contributed by atoms with Gasteiger partial charge in [-0.2, -0.15) is 5.26 Å². The number of rotatable bonds is 5. The summed E-state index contributed by atoms with van der Waals surface area (Å²) in [5, 5.41) is 14.4. The van der Waals surface area contributed by atoms with Crippen LogP contribution in [-0.2, 0) is 0 Å². The number of aromatic nitrogens is 4. The van der Waals surface area contributed by atoms with E-state index < -0.39 is 0 Å². The second-order valence-electron chi connectivity index (χ2n) is 13.0. The van der Waals surface area contributed by atoms with Crippen LogP contribution in [0.5, 0.6) is 0 Å². The fraction of sp³-hybridized carbons (Fsp3) is 0. The molecule has 10 aromatic rings. The van der Waals surface area contributed by atoms with Crippen molar-refractivity contribution in [3.05, 3.63) is 181 Å². The van der Waals surface area contributed by atoms with Crippen molar-refractivity contribution in [2.24, 2.45) is 0 Å². The number of benzene rings is 7. The van der Waals surface area contributed by atoms with E-state index in [0.717, 1.165) is 61.1 Å². The van der Waals surface area contributed by atoms with Gasteiger partial charge in [0.05, 0.1) is 45.1 Å². The molecule has 7 aromatic carbocycles. The van der Waals surface area contributed by atoms with Gasteiger partial charge in [0.15, 0.2) is 0 Å². The highest BCUT2D eigenvalue weighted by Crippen LogP contribution is 2.38. The Kier molecular flexibility index (Phi) is 6.80. The molecule has 0 aliphatic rings. The van der Waals surface area contributed by atoms with Gasteiger partial charge in [0.1, 0.15) is 0 Å². The smallest absolute Gasteiger partial charge is 0.235 e. The molecule has 0 saturated carbocycles. The number of nitriles is 1. The fourth-order valence-corrected chi connectivity index (χ4v) is 7.56. The minimum absolute atomic E-state index is 0.577. The Hall–Kier alpha value is -7.29. The van der Waals surface area contributed by atoms with Gasteiger partial charge in [0.2, 0.25) is 5.95 Å². The predicted molar refractivity (Wildman–Crippen MR) is 212 cm³/mol. The van der Waals surface area contributed by atoms with E-state index in [1.165, 1.54) is 21.8 Å². The highest BCUT2D eigenvalue weighted by molar-refractivity contribution is 6.12. The number of hydrogen-bond acceptors (Lipinski definition) is 3. The lowest BCUT2D eigenvalue weighted by atomic mass is 10.0.